The first kappa shape index (κ1) is 21.3. The minimum Gasteiger partial charge on any atom is -0.506 e. The zero-order valence-electron chi connectivity index (χ0n) is 14.8. The fourth-order valence-corrected chi connectivity index (χ4v) is 5.65. The summed E-state index contributed by atoms with van der Waals surface area (Å²) in [5.74, 6) is -0.502. The number of nitrogens with one attached hydrogen (secondary N) is 1. The summed E-state index contributed by atoms with van der Waals surface area (Å²) in [6, 6.07) is 6.12. The third kappa shape index (κ3) is 4.29. The molecule has 1 heterocycles. The Kier molecular flexibility index (Phi) is 5.72. The van der Waals surface area contributed by atoms with Gasteiger partial charge in [0.15, 0.2) is 0 Å². The number of hydrogen-bond acceptors (Lipinski definition) is 7. The smallest absolute Gasteiger partial charge is 0.289 e. The summed E-state index contributed by atoms with van der Waals surface area (Å²) >= 11 is 5.69. The van der Waals surface area contributed by atoms with Crippen molar-refractivity contribution in [3.63, 3.8) is 0 Å². The molecular formula is C16H16ClN3O7S2. The summed E-state index contributed by atoms with van der Waals surface area (Å²) in [4.78, 5) is 9.50. The maximum absolute atomic E-state index is 12.7. The van der Waals surface area contributed by atoms with E-state index in [0.717, 1.165) is 43.2 Å². The number of nitrogens with zero attached hydrogens (tertiary/aromatic N) is 2. The molecule has 29 heavy (non-hydrogen) atoms. The summed E-state index contributed by atoms with van der Waals surface area (Å²) in [6.45, 7) is 0.720. The Morgan fingerprint density at radius 3 is 2.28 bits per heavy atom. The van der Waals surface area contributed by atoms with E-state index < -0.39 is 41.3 Å². The van der Waals surface area contributed by atoms with Gasteiger partial charge in [-0.2, -0.15) is 4.31 Å². The normalized spacial score (nSPS) is 15.3. The van der Waals surface area contributed by atoms with Crippen molar-refractivity contribution in [1.29, 1.82) is 0 Å². The van der Waals surface area contributed by atoms with Crippen molar-refractivity contribution in [3.05, 3.63) is 51.5 Å². The van der Waals surface area contributed by atoms with Crippen LogP contribution in [-0.2, 0) is 20.0 Å². The van der Waals surface area contributed by atoms with E-state index in [9.17, 15) is 32.1 Å². The lowest BCUT2D eigenvalue weighted by atomic mass is 10.3. The SMILES string of the molecule is O=[N+]([O-])c1cc(S(=O)(=O)Nc2cc(S(=O)(=O)N3CCCC3)ccc2O)ccc1Cl. The number of nitro groups is 1. The first-order chi connectivity index (χ1) is 13.5. The van der Waals surface area contributed by atoms with E-state index in [1.165, 1.54) is 10.4 Å². The van der Waals surface area contributed by atoms with Crippen molar-refractivity contribution in [2.45, 2.75) is 22.6 Å². The van der Waals surface area contributed by atoms with Gasteiger partial charge in [-0.1, -0.05) is 11.6 Å². The molecule has 0 amide bonds. The van der Waals surface area contributed by atoms with E-state index >= 15 is 0 Å². The van der Waals surface area contributed by atoms with Crippen LogP contribution in [0.25, 0.3) is 0 Å². The molecule has 0 atom stereocenters. The maximum Gasteiger partial charge on any atom is 0.289 e. The Balaban J connectivity index is 1.97. The van der Waals surface area contributed by atoms with E-state index in [0.29, 0.717) is 13.1 Å². The molecule has 0 saturated carbocycles. The van der Waals surface area contributed by atoms with E-state index in [4.69, 9.17) is 11.6 Å². The fourth-order valence-electron chi connectivity index (χ4n) is 2.84. The van der Waals surface area contributed by atoms with Crippen molar-refractivity contribution >= 4 is 43.0 Å². The molecule has 10 nitrogen and oxygen atoms in total. The zero-order chi connectivity index (χ0) is 21.4. The van der Waals surface area contributed by atoms with Crippen LogP contribution in [0.4, 0.5) is 11.4 Å². The van der Waals surface area contributed by atoms with Gasteiger partial charge in [-0.3, -0.25) is 14.8 Å². The molecule has 0 radical (unpaired) electrons. The number of aromatic hydroxyl groups is 1. The molecule has 156 valence electrons. The predicted octanol–water partition coefficient (Wildman–Crippen LogP) is 2.54. The minimum atomic E-state index is -4.37. The lowest BCUT2D eigenvalue weighted by Crippen LogP contribution is -2.28. The Hall–Kier alpha value is -2.41. The molecule has 0 aliphatic carbocycles. The summed E-state index contributed by atoms with van der Waals surface area (Å²) in [5.41, 5.74) is -0.980. The number of phenols is 1. The van der Waals surface area contributed by atoms with E-state index in [1.54, 1.807) is 0 Å². The lowest BCUT2D eigenvalue weighted by Gasteiger charge is -2.17. The maximum atomic E-state index is 12.7. The molecule has 13 heteroatoms. The molecule has 3 rings (SSSR count). The predicted molar refractivity (Wildman–Crippen MR) is 105 cm³/mol. The van der Waals surface area contributed by atoms with Gasteiger partial charge >= 0.3 is 0 Å². The molecule has 0 unspecified atom stereocenters. The molecule has 2 aromatic rings. The number of sulfonamides is 2. The van der Waals surface area contributed by atoms with Crippen molar-refractivity contribution < 1.29 is 26.9 Å². The molecule has 0 aromatic heterocycles. The van der Waals surface area contributed by atoms with Crippen LogP contribution in [0, 0.1) is 10.1 Å². The largest absolute Gasteiger partial charge is 0.506 e. The van der Waals surface area contributed by atoms with Crippen molar-refractivity contribution in [2.75, 3.05) is 17.8 Å². The molecular weight excluding hydrogens is 446 g/mol. The highest BCUT2D eigenvalue weighted by Gasteiger charge is 2.28. The first-order valence-electron chi connectivity index (χ1n) is 8.32. The Morgan fingerprint density at radius 2 is 1.66 bits per heavy atom. The standard InChI is InChI=1S/C16H16ClN3O7S2/c17-13-5-3-11(10-15(13)20(22)23)28(24,25)18-14-9-12(4-6-16(14)21)29(26,27)19-7-1-2-8-19/h3-6,9-10,18,21H,1-2,7-8H2. The van der Waals surface area contributed by atoms with E-state index in [1.807, 2.05) is 0 Å². The van der Waals surface area contributed by atoms with Crippen molar-refractivity contribution in [1.82, 2.24) is 4.31 Å². The number of benzene rings is 2. The molecule has 1 aliphatic heterocycles. The van der Waals surface area contributed by atoms with Gasteiger partial charge < -0.3 is 5.11 Å². The average Bonchev–Trinajstić information content (AvgIpc) is 3.18. The van der Waals surface area contributed by atoms with Gasteiger partial charge in [0, 0.05) is 19.2 Å². The summed E-state index contributed by atoms with van der Waals surface area (Å²) in [7, 11) is -8.21. The highest BCUT2D eigenvalue weighted by atomic mass is 35.5. The topological polar surface area (TPSA) is 147 Å². The van der Waals surface area contributed by atoms with Gasteiger partial charge in [-0.15, -0.1) is 0 Å². The van der Waals surface area contributed by atoms with Crippen molar-refractivity contribution in [3.8, 4) is 5.75 Å². The van der Waals surface area contributed by atoms with Gasteiger partial charge in [0.05, 0.1) is 20.4 Å². The number of nitro benzene ring substituents is 1. The van der Waals surface area contributed by atoms with Crippen LogP contribution < -0.4 is 4.72 Å². The first-order valence-corrected chi connectivity index (χ1v) is 11.6. The number of rotatable bonds is 6. The number of halogens is 1. The highest BCUT2D eigenvalue weighted by Crippen LogP contribution is 2.32. The highest BCUT2D eigenvalue weighted by molar-refractivity contribution is 7.92. The molecule has 1 saturated heterocycles. The number of phenolic OH excluding ortho intramolecular Hbond substituents is 1. The van der Waals surface area contributed by atoms with Gasteiger partial charge in [0.25, 0.3) is 15.7 Å². The molecule has 0 bridgehead atoms. The molecule has 2 aromatic carbocycles. The van der Waals surface area contributed by atoms with Crippen LogP contribution in [0.15, 0.2) is 46.2 Å². The third-order valence-electron chi connectivity index (χ3n) is 4.34. The average molecular weight is 462 g/mol. The Morgan fingerprint density at radius 1 is 1.03 bits per heavy atom. The second-order valence-electron chi connectivity index (χ2n) is 6.27. The quantitative estimate of drug-likeness (QED) is 0.381. The van der Waals surface area contributed by atoms with Crippen molar-refractivity contribution in [2.24, 2.45) is 0 Å². The Bertz CT molecular complexity index is 1180. The molecule has 1 fully saturated rings. The van der Waals surface area contributed by atoms with Crippen LogP contribution >= 0.6 is 11.6 Å². The van der Waals surface area contributed by atoms with E-state index in [2.05, 4.69) is 4.72 Å². The number of hydrogen-bond donors (Lipinski definition) is 2. The van der Waals surface area contributed by atoms with Gasteiger partial charge in [0.2, 0.25) is 10.0 Å². The summed E-state index contributed by atoms with van der Waals surface area (Å²) < 4.78 is 53.9. The fraction of sp³-hybridized carbons (Fsp3) is 0.250. The molecule has 2 N–H and O–H groups in total. The number of anilines is 1. The van der Waals surface area contributed by atoms with Gasteiger partial charge in [-0.25, -0.2) is 16.8 Å². The van der Waals surface area contributed by atoms with Crippen LogP contribution in [-0.4, -0.2) is 44.3 Å². The summed E-state index contributed by atoms with van der Waals surface area (Å²) in [6.07, 6.45) is 1.46. The molecule has 0 spiro atoms. The zero-order valence-corrected chi connectivity index (χ0v) is 17.2. The van der Waals surface area contributed by atoms with Gasteiger partial charge in [0.1, 0.15) is 10.8 Å². The monoisotopic (exact) mass is 461 g/mol. The van der Waals surface area contributed by atoms with Crippen LogP contribution in [0.1, 0.15) is 12.8 Å². The minimum absolute atomic E-state index is 0.183. The Labute approximate surface area is 172 Å². The van der Waals surface area contributed by atoms with E-state index in [-0.39, 0.29) is 15.6 Å². The summed E-state index contributed by atoms with van der Waals surface area (Å²) in [5, 5.41) is 20.7. The second-order valence-corrected chi connectivity index (χ2v) is 10.3. The molecule has 1 aliphatic rings. The third-order valence-corrected chi connectivity index (χ3v) is 7.92. The van der Waals surface area contributed by atoms with Crippen LogP contribution in [0.2, 0.25) is 5.02 Å². The van der Waals surface area contributed by atoms with Gasteiger partial charge in [-0.05, 0) is 43.2 Å². The van der Waals surface area contributed by atoms with Crippen LogP contribution in [0.3, 0.4) is 0 Å². The lowest BCUT2D eigenvalue weighted by molar-refractivity contribution is -0.384. The second kappa shape index (κ2) is 7.78. The van der Waals surface area contributed by atoms with Crippen LogP contribution in [0.5, 0.6) is 5.75 Å².